The smallest absolute Gasteiger partial charge is 0.131 e. The van der Waals surface area contributed by atoms with Gasteiger partial charge in [-0.15, -0.1) is 0 Å². The predicted molar refractivity (Wildman–Crippen MR) is 93.5 cm³/mol. The van der Waals surface area contributed by atoms with E-state index < -0.39 is 0 Å². The number of nitrogens with one attached hydrogen (secondary N) is 1. The quantitative estimate of drug-likeness (QED) is 0.655. The summed E-state index contributed by atoms with van der Waals surface area (Å²) < 4.78 is 27.2. The molecule has 0 bridgehead atoms. The lowest BCUT2D eigenvalue weighted by Crippen LogP contribution is -2.18. The third-order valence-electron chi connectivity index (χ3n) is 4.10. The van der Waals surface area contributed by atoms with Crippen molar-refractivity contribution in [2.24, 2.45) is 0 Å². The average Bonchev–Trinajstić information content (AvgIpc) is 2.62. The minimum absolute atomic E-state index is 0.200. The van der Waals surface area contributed by atoms with Gasteiger partial charge < -0.3 is 5.32 Å². The van der Waals surface area contributed by atoms with Crippen molar-refractivity contribution in [1.82, 2.24) is 5.32 Å². The highest BCUT2D eigenvalue weighted by atomic mass is 19.1. The maximum Gasteiger partial charge on any atom is 0.131 e. The van der Waals surface area contributed by atoms with Crippen LogP contribution in [0.4, 0.5) is 8.78 Å². The van der Waals surface area contributed by atoms with E-state index in [0.717, 1.165) is 5.56 Å². The number of hydrogen-bond donors (Lipinski definition) is 1. The third-order valence-corrected chi connectivity index (χ3v) is 4.10. The van der Waals surface area contributed by atoms with Crippen LogP contribution in [0, 0.1) is 11.6 Å². The van der Waals surface area contributed by atoms with Crippen LogP contribution in [0.5, 0.6) is 0 Å². The molecule has 1 atom stereocenters. The van der Waals surface area contributed by atoms with Crippen LogP contribution < -0.4 is 5.32 Å². The zero-order valence-electron chi connectivity index (χ0n) is 13.5. The summed E-state index contributed by atoms with van der Waals surface area (Å²) in [6.45, 7) is 2.73. The number of benzene rings is 3. The molecule has 0 radical (unpaired) electrons. The molecule has 0 fully saturated rings. The van der Waals surface area contributed by atoms with E-state index >= 15 is 0 Å². The van der Waals surface area contributed by atoms with E-state index in [1.54, 1.807) is 18.2 Å². The molecular formula is C21H19F2N. The van der Waals surface area contributed by atoms with Crippen molar-refractivity contribution in [2.45, 2.75) is 19.5 Å². The molecule has 0 heterocycles. The van der Waals surface area contributed by atoms with Crippen LogP contribution in [0.3, 0.4) is 0 Å². The first-order chi connectivity index (χ1) is 11.6. The van der Waals surface area contributed by atoms with Gasteiger partial charge in [0.2, 0.25) is 0 Å². The van der Waals surface area contributed by atoms with Crippen molar-refractivity contribution in [3.05, 3.63) is 95.6 Å². The monoisotopic (exact) mass is 323 g/mol. The van der Waals surface area contributed by atoms with E-state index in [1.807, 2.05) is 24.3 Å². The van der Waals surface area contributed by atoms with Crippen LogP contribution >= 0.6 is 0 Å². The van der Waals surface area contributed by atoms with Crippen molar-refractivity contribution in [2.75, 3.05) is 0 Å². The van der Waals surface area contributed by atoms with Gasteiger partial charge >= 0.3 is 0 Å². The second kappa shape index (κ2) is 7.37. The second-order valence-electron chi connectivity index (χ2n) is 5.83. The van der Waals surface area contributed by atoms with Crippen LogP contribution in [0.25, 0.3) is 11.1 Å². The van der Waals surface area contributed by atoms with Gasteiger partial charge in [0, 0.05) is 18.2 Å². The van der Waals surface area contributed by atoms with Crippen LogP contribution in [0.1, 0.15) is 24.1 Å². The van der Waals surface area contributed by atoms with Gasteiger partial charge in [0.05, 0.1) is 0 Å². The van der Waals surface area contributed by atoms with Crippen LogP contribution in [0.2, 0.25) is 0 Å². The minimum atomic E-state index is -0.325. The Balaban J connectivity index is 1.75. The molecule has 3 heteroatoms. The SMILES string of the molecule is C[C@@H](NCc1ccc(F)c(-c2ccc(F)cc2)c1)c1ccccc1. The molecule has 1 N–H and O–H groups in total. The molecule has 0 amide bonds. The number of rotatable bonds is 5. The van der Waals surface area contributed by atoms with Gasteiger partial charge in [0.1, 0.15) is 11.6 Å². The van der Waals surface area contributed by atoms with Crippen LogP contribution in [-0.4, -0.2) is 0 Å². The Morgan fingerprint density at radius 1 is 0.875 bits per heavy atom. The lowest BCUT2D eigenvalue weighted by Gasteiger charge is -2.15. The zero-order chi connectivity index (χ0) is 16.9. The van der Waals surface area contributed by atoms with Gasteiger partial charge in [-0.3, -0.25) is 0 Å². The van der Waals surface area contributed by atoms with E-state index in [1.165, 1.54) is 23.8 Å². The van der Waals surface area contributed by atoms with Gasteiger partial charge in [-0.25, -0.2) is 8.78 Å². The van der Waals surface area contributed by atoms with Crippen LogP contribution in [-0.2, 0) is 6.54 Å². The summed E-state index contributed by atoms with van der Waals surface area (Å²) in [5.41, 5.74) is 3.35. The molecule has 0 aliphatic carbocycles. The molecule has 1 nitrogen and oxygen atoms in total. The molecule has 0 spiro atoms. The van der Waals surface area contributed by atoms with E-state index in [0.29, 0.717) is 17.7 Å². The Morgan fingerprint density at radius 3 is 2.29 bits per heavy atom. The Labute approximate surface area is 141 Å². The van der Waals surface area contributed by atoms with Gasteiger partial charge in [-0.1, -0.05) is 48.5 Å². The maximum atomic E-state index is 14.1. The summed E-state index contributed by atoms with van der Waals surface area (Å²) in [4.78, 5) is 0. The first-order valence-corrected chi connectivity index (χ1v) is 7.96. The molecule has 0 unspecified atom stereocenters. The van der Waals surface area contributed by atoms with Gasteiger partial charge in [0.15, 0.2) is 0 Å². The van der Waals surface area contributed by atoms with E-state index in [-0.39, 0.29) is 17.7 Å². The lowest BCUT2D eigenvalue weighted by molar-refractivity contribution is 0.573. The fourth-order valence-corrected chi connectivity index (χ4v) is 2.66. The third kappa shape index (κ3) is 3.87. The van der Waals surface area contributed by atoms with Crippen molar-refractivity contribution in [3.8, 4) is 11.1 Å². The Bertz CT molecular complexity index is 798. The van der Waals surface area contributed by atoms with E-state index in [9.17, 15) is 8.78 Å². The zero-order valence-corrected chi connectivity index (χ0v) is 13.5. The molecule has 3 aromatic carbocycles. The summed E-state index contributed by atoms with van der Waals surface area (Å²) >= 11 is 0. The summed E-state index contributed by atoms with van der Waals surface area (Å²) in [6, 6.07) is 21.3. The minimum Gasteiger partial charge on any atom is -0.306 e. The molecule has 0 saturated carbocycles. The Morgan fingerprint density at radius 2 is 1.58 bits per heavy atom. The van der Waals surface area contributed by atoms with E-state index in [4.69, 9.17) is 0 Å². The molecule has 0 aliphatic heterocycles. The molecule has 3 aromatic rings. The lowest BCUT2D eigenvalue weighted by atomic mass is 10.0. The summed E-state index contributed by atoms with van der Waals surface area (Å²) in [6.07, 6.45) is 0. The van der Waals surface area contributed by atoms with Gasteiger partial charge in [-0.05, 0) is 47.9 Å². The number of halogens is 2. The molecule has 0 aromatic heterocycles. The predicted octanol–water partition coefficient (Wildman–Crippen LogP) is 5.48. The first-order valence-electron chi connectivity index (χ1n) is 7.96. The largest absolute Gasteiger partial charge is 0.306 e. The van der Waals surface area contributed by atoms with Crippen molar-refractivity contribution < 1.29 is 8.78 Å². The first kappa shape index (κ1) is 16.3. The Kier molecular flexibility index (Phi) is 5.02. The molecule has 0 aliphatic rings. The van der Waals surface area contributed by atoms with Crippen molar-refractivity contribution in [1.29, 1.82) is 0 Å². The van der Waals surface area contributed by atoms with Gasteiger partial charge in [0.25, 0.3) is 0 Å². The van der Waals surface area contributed by atoms with Crippen molar-refractivity contribution >= 4 is 0 Å². The highest BCUT2D eigenvalue weighted by molar-refractivity contribution is 5.64. The molecule has 24 heavy (non-hydrogen) atoms. The number of hydrogen-bond acceptors (Lipinski definition) is 1. The van der Waals surface area contributed by atoms with Crippen molar-refractivity contribution in [3.63, 3.8) is 0 Å². The highest BCUT2D eigenvalue weighted by Crippen LogP contribution is 2.24. The normalized spacial score (nSPS) is 12.1. The molecule has 0 saturated heterocycles. The summed E-state index contributed by atoms with van der Waals surface area (Å²) in [7, 11) is 0. The standard InChI is InChI=1S/C21H19F2N/c1-15(17-5-3-2-4-6-17)24-14-16-7-12-21(23)20(13-16)18-8-10-19(22)11-9-18/h2-13,15,24H,14H2,1H3/t15-/m1/s1. The van der Waals surface area contributed by atoms with E-state index in [2.05, 4.69) is 24.4 Å². The topological polar surface area (TPSA) is 12.0 Å². The summed E-state index contributed by atoms with van der Waals surface area (Å²) in [5, 5.41) is 3.44. The fourth-order valence-electron chi connectivity index (χ4n) is 2.66. The second-order valence-corrected chi connectivity index (χ2v) is 5.83. The maximum absolute atomic E-state index is 14.1. The average molecular weight is 323 g/mol. The fraction of sp³-hybridized carbons (Fsp3) is 0.143. The van der Waals surface area contributed by atoms with Crippen LogP contribution in [0.15, 0.2) is 72.8 Å². The summed E-state index contributed by atoms with van der Waals surface area (Å²) in [5.74, 6) is -0.630. The Hall–Kier alpha value is -2.52. The highest BCUT2D eigenvalue weighted by Gasteiger charge is 2.08. The molecule has 122 valence electrons. The molecular weight excluding hydrogens is 304 g/mol. The molecule has 3 rings (SSSR count). The van der Waals surface area contributed by atoms with Gasteiger partial charge in [-0.2, -0.15) is 0 Å².